The monoisotopic (exact) mass is 507 g/mol. The highest BCUT2D eigenvalue weighted by molar-refractivity contribution is 7.98. The van der Waals surface area contributed by atoms with Gasteiger partial charge >= 0.3 is 5.97 Å². The second-order valence-corrected chi connectivity index (χ2v) is 9.96. The summed E-state index contributed by atoms with van der Waals surface area (Å²) in [6.45, 7) is 3.73. The van der Waals surface area contributed by atoms with Gasteiger partial charge < -0.3 is 32.5 Å². The van der Waals surface area contributed by atoms with E-state index >= 15 is 0 Å². The average Bonchev–Trinajstić information content (AvgIpc) is 2.71. The Hall–Kier alpha value is -1.99. The summed E-state index contributed by atoms with van der Waals surface area (Å²) in [6.07, 6.45) is 4.09. The van der Waals surface area contributed by atoms with Gasteiger partial charge in [0, 0.05) is 0 Å². The SMILES string of the molecule is CSCCC(NC(=O)C(CC(C)C)NC(=O)C(CCSC)NC(=O)C(N)CC(N)=O)C(=O)O. The Bertz CT molecular complexity index is 679. The van der Waals surface area contributed by atoms with Gasteiger partial charge in [-0.15, -0.1) is 0 Å². The van der Waals surface area contributed by atoms with Crippen LogP contribution >= 0.6 is 23.5 Å². The molecule has 4 atom stereocenters. The number of nitrogens with one attached hydrogen (secondary N) is 3. The summed E-state index contributed by atoms with van der Waals surface area (Å²) in [4.78, 5) is 60.6. The molecule has 0 fully saturated rings. The molecule has 0 aromatic heterocycles. The predicted molar refractivity (Wildman–Crippen MR) is 131 cm³/mol. The van der Waals surface area contributed by atoms with Gasteiger partial charge in [0.15, 0.2) is 0 Å². The maximum Gasteiger partial charge on any atom is 0.326 e. The lowest BCUT2D eigenvalue weighted by atomic mass is 10.0. The van der Waals surface area contributed by atoms with Crippen LogP contribution in [0, 0.1) is 5.92 Å². The molecule has 0 spiro atoms. The number of carbonyl (C=O) groups is 5. The van der Waals surface area contributed by atoms with Crippen LogP contribution in [0.15, 0.2) is 0 Å². The molecule has 0 radical (unpaired) electrons. The maximum atomic E-state index is 13.0. The first kappa shape index (κ1) is 31.0. The summed E-state index contributed by atoms with van der Waals surface area (Å²) in [7, 11) is 0. The Balaban J connectivity index is 5.43. The number of aliphatic carboxylic acids is 1. The van der Waals surface area contributed by atoms with E-state index in [1.807, 2.05) is 26.4 Å². The first-order chi connectivity index (χ1) is 15.4. The number of amides is 4. The van der Waals surface area contributed by atoms with Crippen LogP contribution < -0.4 is 27.4 Å². The van der Waals surface area contributed by atoms with Crippen LogP contribution in [0.2, 0.25) is 0 Å². The zero-order valence-corrected chi connectivity index (χ0v) is 21.2. The first-order valence-electron chi connectivity index (χ1n) is 10.6. The van der Waals surface area contributed by atoms with Crippen molar-refractivity contribution in [2.24, 2.45) is 17.4 Å². The van der Waals surface area contributed by atoms with E-state index in [1.54, 1.807) is 0 Å². The highest BCUT2D eigenvalue weighted by Gasteiger charge is 2.30. The fourth-order valence-electron chi connectivity index (χ4n) is 2.83. The van der Waals surface area contributed by atoms with E-state index in [1.165, 1.54) is 23.5 Å². The topological polar surface area (TPSA) is 194 Å². The van der Waals surface area contributed by atoms with E-state index in [-0.39, 0.29) is 31.6 Å². The molecule has 0 aliphatic carbocycles. The van der Waals surface area contributed by atoms with Gasteiger partial charge in [0.25, 0.3) is 0 Å². The third-order valence-electron chi connectivity index (χ3n) is 4.57. The minimum atomic E-state index is -1.20. The van der Waals surface area contributed by atoms with Crippen LogP contribution in [0.25, 0.3) is 0 Å². The van der Waals surface area contributed by atoms with Gasteiger partial charge in [0.05, 0.1) is 12.5 Å². The molecule has 0 aromatic rings. The molecule has 0 heterocycles. The van der Waals surface area contributed by atoms with Crippen molar-refractivity contribution in [2.45, 2.75) is 63.7 Å². The number of thioether (sulfide) groups is 2. The number of hydrogen-bond donors (Lipinski definition) is 6. The van der Waals surface area contributed by atoms with Gasteiger partial charge in [-0.25, -0.2) is 4.79 Å². The van der Waals surface area contributed by atoms with Gasteiger partial charge in [-0.1, -0.05) is 13.8 Å². The molecule has 0 aliphatic rings. The fraction of sp³-hybridized carbons (Fsp3) is 0.750. The molecule has 0 bridgehead atoms. The van der Waals surface area contributed by atoms with E-state index < -0.39 is 53.8 Å². The molecule has 0 aliphatic heterocycles. The van der Waals surface area contributed by atoms with Crippen LogP contribution in [-0.4, -0.2) is 82.9 Å². The van der Waals surface area contributed by atoms with Crippen LogP contribution in [0.5, 0.6) is 0 Å². The van der Waals surface area contributed by atoms with Gasteiger partial charge in [-0.05, 0) is 49.2 Å². The fourth-order valence-corrected chi connectivity index (χ4v) is 3.78. The van der Waals surface area contributed by atoms with E-state index in [9.17, 15) is 29.1 Å². The number of nitrogens with two attached hydrogens (primary N) is 2. The summed E-state index contributed by atoms with van der Waals surface area (Å²) in [5.74, 6) is -2.69. The molecule has 13 heteroatoms. The third kappa shape index (κ3) is 13.3. The Morgan fingerprint density at radius 1 is 0.818 bits per heavy atom. The lowest BCUT2D eigenvalue weighted by Gasteiger charge is -2.26. The minimum Gasteiger partial charge on any atom is -0.480 e. The summed E-state index contributed by atoms with van der Waals surface area (Å²) < 4.78 is 0. The van der Waals surface area contributed by atoms with Crippen molar-refractivity contribution >= 4 is 53.1 Å². The second-order valence-electron chi connectivity index (χ2n) is 7.99. The summed E-state index contributed by atoms with van der Waals surface area (Å²) in [5.41, 5.74) is 10.7. The largest absolute Gasteiger partial charge is 0.480 e. The standard InChI is InChI=1S/C20H37N5O6S2/c1-11(2)9-15(19(29)24-14(20(30)31)6-8-33-4)25-18(28)13(5-7-32-3)23-17(27)12(21)10-16(22)26/h11-15H,5-10,21H2,1-4H3,(H2,22,26)(H,23,27)(H,24,29)(H,25,28)(H,30,31). The first-order valence-corrected chi connectivity index (χ1v) is 13.4. The van der Waals surface area contributed by atoms with Crippen molar-refractivity contribution in [1.82, 2.24) is 16.0 Å². The number of carboxylic acid groups (broad SMARTS) is 1. The number of carboxylic acids is 1. The molecule has 0 aromatic carbocycles. The van der Waals surface area contributed by atoms with E-state index in [2.05, 4.69) is 16.0 Å². The molecule has 11 nitrogen and oxygen atoms in total. The van der Waals surface area contributed by atoms with Crippen LogP contribution in [-0.2, 0) is 24.0 Å². The van der Waals surface area contributed by atoms with Crippen molar-refractivity contribution < 1.29 is 29.1 Å². The van der Waals surface area contributed by atoms with Crippen molar-refractivity contribution in [3.05, 3.63) is 0 Å². The smallest absolute Gasteiger partial charge is 0.326 e. The second kappa shape index (κ2) is 16.6. The number of primary amides is 1. The van der Waals surface area contributed by atoms with Crippen molar-refractivity contribution in [2.75, 3.05) is 24.0 Å². The van der Waals surface area contributed by atoms with Gasteiger partial charge in [-0.3, -0.25) is 19.2 Å². The summed E-state index contributed by atoms with van der Waals surface area (Å²) >= 11 is 2.93. The van der Waals surface area contributed by atoms with Gasteiger partial charge in [-0.2, -0.15) is 23.5 Å². The molecule has 0 saturated carbocycles. The number of rotatable bonds is 17. The van der Waals surface area contributed by atoms with Crippen molar-refractivity contribution in [3.8, 4) is 0 Å². The van der Waals surface area contributed by atoms with Crippen molar-refractivity contribution in [1.29, 1.82) is 0 Å². The van der Waals surface area contributed by atoms with Crippen LogP contribution in [0.4, 0.5) is 0 Å². The summed E-state index contributed by atoms with van der Waals surface area (Å²) in [5, 5.41) is 17.0. The normalized spacial score (nSPS) is 14.6. The molecule has 0 rings (SSSR count). The third-order valence-corrected chi connectivity index (χ3v) is 5.85. The Morgan fingerprint density at radius 2 is 1.27 bits per heavy atom. The maximum absolute atomic E-state index is 13.0. The highest BCUT2D eigenvalue weighted by atomic mass is 32.2. The molecule has 8 N–H and O–H groups in total. The van der Waals surface area contributed by atoms with E-state index in [0.29, 0.717) is 11.5 Å². The van der Waals surface area contributed by atoms with E-state index in [4.69, 9.17) is 11.5 Å². The molecule has 4 amide bonds. The number of hydrogen-bond acceptors (Lipinski definition) is 8. The van der Waals surface area contributed by atoms with Crippen LogP contribution in [0.3, 0.4) is 0 Å². The van der Waals surface area contributed by atoms with Gasteiger partial charge in [0.2, 0.25) is 23.6 Å². The highest BCUT2D eigenvalue weighted by Crippen LogP contribution is 2.09. The zero-order chi connectivity index (χ0) is 25.6. The van der Waals surface area contributed by atoms with Gasteiger partial charge in [0.1, 0.15) is 18.1 Å². The Morgan fingerprint density at radius 3 is 1.73 bits per heavy atom. The quantitative estimate of drug-likeness (QED) is 0.147. The lowest BCUT2D eigenvalue weighted by Crippen LogP contribution is -2.57. The minimum absolute atomic E-state index is 0.0266. The predicted octanol–water partition coefficient (Wildman–Crippen LogP) is -0.720. The zero-order valence-electron chi connectivity index (χ0n) is 19.6. The molecule has 190 valence electrons. The van der Waals surface area contributed by atoms with Crippen molar-refractivity contribution in [3.63, 3.8) is 0 Å². The van der Waals surface area contributed by atoms with Crippen LogP contribution in [0.1, 0.15) is 39.5 Å². The number of carbonyl (C=O) groups excluding carboxylic acids is 4. The Kier molecular flexibility index (Phi) is 15.6. The molecule has 0 saturated heterocycles. The molecule has 4 unspecified atom stereocenters. The lowest BCUT2D eigenvalue weighted by molar-refractivity contribution is -0.142. The molecular weight excluding hydrogens is 470 g/mol. The molecule has 33 heavy (non-hydrogen) atoms. The van der Waals surface area contributed by atoms with E-state index in [0.717, 1.165) is 0 Å². The summed E-state index contributed by atoms with van der Waals surface area (Å²) in [6, 6.07) is -4.25. The molecular formula is C20H37N5O6S2. The average molecular weight is 508 g/mol. The Labute approximate surface area is 203 Å².